The first-order chi connectivity index (χ1) is 7.74. The molecule has 0 heterocycles. The standard InChI is InChI=1S/C12H17NO2S/c1-10(11-5-3-2-4-6-11)13-12(15)9-16-8-7-14/h2-6,10,14H,7-9H2,1H3,(H,13,15)/t10-/m1/s1. The van der Waals surface area contributed by atoms with Gasteiger partial charge in [-0.25, -0.2) is 0 Å². The maximum absolute atomic E-state index is 11.5. The molecule has 0 spiro atoms. The van der Waals surface area contributed by atoms with Gasteiger partial charge in [0.1, 0.15) is 0 Å². The van der Waals surface area contributed by atoms with Crippen LogP contribution in [0.15, 0.2) is 30.3 Å². The van der Waals surface area contributed by atoms with Crippen LogP contribution < -0.4 is 5.32 Å². The number of amides is 1. The molecule has 88 valence electrons. The molecule has 16 heavy (non-hydrogen) atoms. The van der Waals surface area contributed by atoms with Crippen molar-refractivity contribution in [1.29, 1.82) is 0 Å². The topological polar surface area (TPSA) is 49.3 Å². The molecule has 0 radical (unpaired) electrons. The van der Waals surface area contributed by atoms with Gasteiger partial charge in [-0.05, 0) is 12.5 Å². The van der Waals surface area contributed by atoms with Crippen LogP contribution in [0.4, 0.5) is 0 Å². The number of rotatable bonds is 6. The van der Waals surface area contributed by atoms with Gasteiger partial charge >= 0.3 is 0 Å². The summed E-state index contributed by atoms with van der Waals surface area (Å²) >= 11 is 1.44. The third-order valence-electron chi connectivity index (χ3n) is 2.15. The van der Waals surface area contributed by atoms with Crippen LogP contribution in [0.25, 0.3) is 0 Å². The Morgan fingerprint density at radius 3 is 2.75 bits per heavy atom. The van der Waals surface area contributed by atoms with E-state index < -0.39 is 0 Å². The lowest BCUT2D eigenvalue weighted by Crippen LogP contribution is -2.28. The molecule has 1 amide bonds. The number of thioether (sulfide) groups is 1. The first-order valence-corrected chi connectivity index (χ1v) is 6.42. The maximum atomic E-state index is 11.5. The number of carbonyl (C=O) groups excluding carboxylic acids is 1. The summed E-state index contributed by atoms with van der Waals surface area (Å²) in [6.07, 6.45) is 0. The van der Waals surface area contributed by atoms with E-state index in [1.165, 1.54) is 11.8 Å². The van der Waals surface area contributed by atoms with Gasteiger partial charge in [-0.2, -0.15) is 0 Å². The number of aliphatic hydroxyl groups is 1. The van der Waals surface area contributed by atoms with Crippen molar-refractivity contribution in [1.82, 2.24) is 5.32 Å². The molecule has 0 fully saturated rings. The Labute approximate surface area is 100 Å². The number of aliphatic hydroxyl groups excluding tert-OH is 1. The molecule has 0 unspecified atom stereocenters. The molecule has 0 aromatic heterocycles. The lowest BCUT2D eigenvalue weighted by molar-refractivity contribution is -0.119. The Hall–Kier alpha value is -1.00. The number of hydrogen-bond acceptors (Lipinski definition) is 3. The second kappa shape index (κ2) is 7.30. The van der Waals surface area contributed by atoms with Crippen molar-refractivity contribution >= 4 is 17.7 Å². The van der Waals surface area contributed by atoms with Gasteiger partial charge in [0, 0.05) is 5.75 Å². The summed E-state index contributed by atoms with van der Waals surface area (Å²) in [6, 6.07) is 9.88. The summed E-state index contributed by atoms with van der Waals surface area (Å²) in [6.45, 7) is 2.08. The second-order valence-electron chi connectivity index (χ2n) is 3.48. The lowest BCUT2D eigenvalue weighted by Gasteiger charge is -2.13. The molecular weight excluding hydrogens is 222 g/mol. The van der Waals surface area contributed by atoms with E-state index in [9.17, 15) is 4.79 Å². The van der Waals surface area contributed by atoms with E-state index in [1.807, 2.05) is 37.3 Å². The average Bonchev–Trinajstić information content (AvgIpc) is 2.30. The van der Waals surface area contributed by atoms with Crippen molar-refractivity contribution in [2.24, 2.45) is 0 Å². The highest BCUT2D eigenvalue weighted by Crippen LogP contribution is 2.11. The fourth-order valence-electron chi connectivity index (χ4n) is 1.34. The molecule has 0 saturated heterocycles. The molecule has 0 aliphatic heterocycles. The fourth-order valence-corrected chi connectivity index (χ4v) is 1.88. The highest BCUT2D eigenvalue weighted by Gasteiger charge is 2.08. The molecule has 4 heteroatoms. The monoisotopic (exact) mass is 239 g/mol. The number of hydrogen-bond donors (Lipinski definition) is 2. The third kappa shape index (κ3) is 4.68. The molecule has 2 N–H and O–H groups in total. The Kier molecular flexibility index (Phi) is 5.96. The van der Waals surface area contributed by atoms with Crippen LogP contribution in [0.3, 0.4) is 0 Å². The zero-order valence-corrected chi connectivity index (χ0v) is 10.2. The van der Waals surface area contributed by atoms with Crippen LogP contribution in [0.1, 0.15) is 18.5 Å². The van der Waals surface area contributed by atoms with Crippen molar-refractivity contribution in [2.45, 2.75) is 13.0 Å². The molecule has 0 saturated carbocycles. The third-order valence-corrected chi connectivity index (χ3v) is 3.08. The summed E-state index contributed by atoms with van der Waals surface area (Å²) in [4.78, 5) is 11.5. The quantitative estimate of drug-likeness (QED) is 0.741. The maximum Gasteiger partial charge on any atom is 0.230 e. The minimum absolute atomic E-state index is 0.00908. The molecule has 1 rings (SSSR count). The molecule has 1 aromatic rings. The van der Waals surface area contributed by atoms with Gasteiger partial charge in [0.15, 0.2) is 0 Å². The Balaban J connectivity index is 2.34. The summed E-state index contributed by atoms with van der Waals surface area (Å²) in [5.74, 6) is 1.01. The predicted octanol–water partition coefficient (Wildman–Crippen LogP) is 1.59. The van der Waals surface area contributed by atoms with Crippen molar-refractivity contribution < 1.29 is 9.90 Å². The highest BCUT2D eigenvalue weighted by molar-refractivity contribution is 7.99. The first-order valence-electron chi connectivity index (χ1n) is 5.27. The Morgan fingerprint density at radius 2 is 2.12 bits per heavy atom. The average molecular weight is 239 g/mol. The molecular formula is C12H17NO2S. The fraction of sp³-hybridized carbons (Fsp3) is 0.417. The number of nitrogens with one attached hydrogen (secondary N) is 1. The first kappa shape index (κ1) is 13.1. The zero-order valence-electron chi connectivity index (χ0n) is 9.35. The predicted molar refractivity (Wildman–Crippen MR) is 67.4 cm³/mol. The van der Waals surface area contributed by atoms with Gasteiger partial charge in [-0.1, -0.05) is 30.3 Å². The minimum Gasteiger partial charge on any atom is -0.396 e. The van der Waals surface area contributed by atoms with Crippen molar-refractivity contribution in [3.8, 4) is 0 Å². The Morgan fingerprint density at radius 1 is 1.44 bits per heavy atom. The summed E-state index contributed by atoms with van der Waals surface area (Å²) in [5.41, 5.74) is 1.10. The summed E-state index contributed by atoms with van der Waals surface area (Å²) < 4.78 is 0. The Bertz CT molecular complexity index is 316. The van der Waals surface area contributed by atoms with Crippen LogP contribution >= 0.6 is 11.8 Å². The van der Waals surface area contributed by atoms with Crippen LogP contribution in [-0.2, 0) is 4.79 Å². The van der Waals surface area contributed by atoms with E-state index in [-0.39, 0.29) is 18.6 Å². The zero-order chi connectivity index (χ0) is 11.8. The molecule has 3 nitrogen and oxygen atoms in total. The molecule has 1 atom stereocenters. The smallest absolute Gasteiger partial charge is 0.230 e. The van der Waals surface area contributed by atoms with E-state index in [0.717, 1.165) is 5.56 Å². The van der Waals surface area contributed by atoms with Crippen LogP contribution in [-0.4, -0.2) is 29.1 Å². The van der Waals surface area contributed by atoms with Gasteiger partial charge in [0.05, 0.1) is 18.4 Å². The van der Waals surface area contributed by atoms with Gasteiger partial charge < -0.3 is 10.4 Å². The van der Waals surface area contributed by atoms with Crippen molar-refractivity contribution in [3.05, 3.63) is 35.9 Å². The van der Waals surface area contributed by atoms with Gasteiger partial charge in [0.25, 0.3) is 0 Å². The molecule has 0 aliphatic rings. The highest BCUT2D eigenvalue weighted by atomic mass is 32.2. The molecule has 0 aliphatic carbocycles. The van der Waals surface area contributed by atoms with Crippen LogP contribution in [0.5, 0.6) is 0 Å². The SMILES string of the molecule is C[C@@H](NC(=O)CSCCO)c1ccccc1. The largest absolute Gasteiger partial charge is 0.396 e. The van der Waals surface area contributed by atoms with Crippen LogP contribution in [0.2, 0.25) is 0 Å². The normalized spacial score (nSPS) is 12.1. The molecule has 0 bridgehead atoms. The van der Waals surface area contributed by atoms with Gasteiger partial charge in [-0.15, -0.1) is 11.8 Å². The van der Waals surface area contributed by atoms with E-state index in [4.69, 9.17) is 5.11 Å². The van der Waals surface area contributed by atoms with Crippen LogP contribution in [0, 0.1) is 0 Å². The summed E-state index contributed by atoms with van der Waals surface area (Å²) in [5, 5.41) is 11.5. The molecule has 1 aromatic carbocycles. The van der Waals surface area contributed by atoms with E-state index in [0.29, 0.717) is 11.5 Å². The second-order valence-corrected chi connectivity index (χ2v) is 4.58. The van der Waals surface area contributed by atoms with E-state index in [2.05, 4.69) is 5.32 Å². The number of benzene rings is 1. The van der Waals surface area contributed by atoms with Crippen molar-refractivity contribution in [3.63, 3.8) is 0 Å². The van der Waals surface area contributed by atoms with Crippen molar-refractivity contribution in [2.75, 3.05) is 18.1 Å². The van der Waals surface area contributed by atoms with E-state index >= 15 is 0 Å². The lowest BCUT2D eigenvalue weighted by atomic mass is 10.1. The van der Waals surface area contributed by atoms with Gasteiger partial charge in [-0.3, -0.25) is 4.79 Å². The minimum atomic E-state index is 0.00908. The number of carbonyl (C=O) groups is 1. The summed E-state index contributed by atoms with van der Waals surface area (Å²) in [7, 11) is 0. The van der Waals surface area contributed by atoms with E-state index in [1.54, 1.807) is 0 Å². The van der Waals surface area contributed by atoms with Gasteiger partial charge in [0.2, 0.25) is 5.91 Å².